The minimum Gasteiger partial charge on any atom is -0.330 e. The summed E-state index contributed by atoms with van der Waals surface area (Å²) in [6, 6.07) is 8.63. The Morgan fingerprint density at radius 3 is 2.93 bits per heavy atom. The van der Waals surface area contributed by atoms with Crippen LogP contribution >= 0.6 is 11.3 Å². The molecule has 80 valence electrons. The Bertz CT molecular complexity index is 433. The van der Waals surface area contributed by atoms with E-state index >= 15 is 0 Å². The fraction of sp³-hybridized carbons (Fsp3) is 0.385. The van der Waals surface area contributed by atoms with Gasteiger partial charge in [0.2, 0.25) is 0 Å². The maximum absolute atomic E-state index is 5.57. The zero-order valence-corrected chi connectivity index (χ0v) is 9.89. The first-order chi connectivity index (χ1) is 7.31. The highest BCUT2D eigenvalue weighted by Gasteiger charge is 2.07. The molecular formula is C13H17NS. The first-order valence-electron chi connectivity index (χ1n) is 5.46. The lowest BCUT2D eigenvalue weighted by atomic mass is 9.98. The van der Waals surface area contributed by atoms with Gasteiger partial charge in [-0.25, -0.2) is 0 Å². The third kappa shape index (κ3) is 2.39. The molecule has 0 bridgehead atoms. The normalized spacial score (nSPS) is 13.2. The molecule has 2 heteroatoms. The summed E-state index contributed by atoms with van der Waals surface area (Å²) < 4.78 is 1.40. The van der Waals surface area contributed by atoms with Crippen molar-refractivity contribution >= 4 is 21.4 Å². The molecule has 0 fully saturated rings. The summed E-state index contributed by atoms with van der Waals surface area (Å²) >= 11 is 1.84. The molecule has 1 heterocycles. The first-order valence-corrected chi connectivity index (χ1v) is 6.34. The summed E-state index contributed by atoms with van der Waals surface area (Å²) in [4.78, 5) is 0. The fourth-order valence-electron chi connectivity index (χ4n) is 1.95. The standard InChI is InChI=1S/C13H17NS/c1-10(6-7-14)8-11-9-15-13-5-3-2-4-12(11)13/h2-5,9-10H,6-8,14H2,1H3. The van der Waals surface area contributed by atoms with Gasteiger partial charge in [-0.15, -0.1) is 11.3 Å². The Morgan fingerprint density at radius 2 is 2.13 bits per heavy atom. The second-order valence-electron chi connectivity index (χ2n) is 4.14. The average Bonchev–Trinajstić information content (AvgIpc) is 2.62. The fourth-order valence-corrected chi connectivity index (χ4v) is 2.93. The number of rotatable bonds is 4. The van der Waals surface area contributed by atoms with Crippen LogP contribution in [0.2, 0.25) is 0 Å². The van der Waals surface area contributed by atoms with Crippen LogP contribution < -0.4 is 5.73 Å². The van der Waals surface area contributed by atoms with E-state index in [1.54, 1.807) is 0 Å². The third-order valence-electron chi connectivity index (χ3n) is 2.79. The predicted octanol–water partition coefficient (Wildman–Crippen LogP) is 3.43. The smallest absolute Gasteiger partial charge is 0.0345 e. The van der Waals surface area contributed by atoms with Gasteiger partial charge in [-0.3, -0.25) is 0 Å². The Hall–Kier alpha value is -0.860. The van der Waals surface area contributed by atoms with E-state index in [1.807, 2.05) is 11.3 Å². The van der Waals surface area contributed by atoms with Gasteiger partial charge in [-0.2, -0.15) is 0 Å². The van der Waals surface area contributed by atoms with E-state index in [0.29, 0.717) is 5.92 Å². The van der Waals surface area contributed by atoms with Gasteiger partial charge in [0.05, 0.1) is 0 Å². The minimum absolute atomic E-state index is 0.688. The maximum atomic E-state index is 5.57. The molecule has 0 saturated carbocycles. The van der Waals surface area contributed by atoms with Crippen molar-refractivity contribution in [3.8, 4) is 0 Å². The van der Waals surface area contributed by atoms with Gasteiger partial charge in [0.15, 0.2) is 0 Å². The van der Waals surface area contributed by atoms with Crippen molar-refractivity contribution in [3.63, 3.8) is 0 Å². The van der Waals surface area contributed by atoms with Crippen LogP contribution in [0, 0.1) is 5.92 Å². The molecule has 0 saturated heterocycles. The molecule has 1 aromatic carbocycles. The van der Waals surface area contributed by atoms with E-state index in [0.717, 1.165) is 19.4 Å². The van der Waals surface area contributed by atoms with E-state index in [2.05, 4.69) is 36.6 Å². The highest BCUT2D eigenvalue weighted by Crippen LogP contribution is 2.27. The number of fused-ring (bicyclic) bond motifs is 1. The molecule has 1 nitrogen and oxygen atoms in total. The van der Waals surface area contributed by atoms with Crippen LogP contribution in [-0.4, -0.2) is 6.54 Å². The molecule has 0 amide bonds. The zero-order chi connectivity index (χ0) is 10.7. The topological polar surface area (TPSA) is 26.0 Å². The van der Waals surface area contributed by atoms with Crippen LogP contribution in [0.4, 0.5) is 0 Å². The molecule has 2 aromatic rings. The van der Waals surface area contributed by atoms with Gasteiger partial charge in [0.25, 0.3) is 0 Å². The molecule has 1 atom stereocenters. The molecule has 1 unspecified atom stereocenters. The van der Waals surface area contributed by atoms with E-state index in [1.165, 1.54) is 15.6 Å². The summed E-state index contributed by atoms with van der Waals surface area (Å²) in [6.07, 6.45) is 2.27. The van der Waals surface area contributed by atoms with Crippen molar-refractivity contribution in [2.24, 2.45) is 11.7 Å². The number of nitrogens with two attached hydrogens (primary N) is 1. The van der Waals surface area contributed by atoms with Crippen molar-refractivity contribution in [1.29, 1.82) is 0 Å². The number of hydrogen-bond acceptors (Lipinski definition) is 2. The van der Waals surface area contributed by atoms with Crippen molar-refractivity contribution in [1.82, 2.24) is 0 Å². The van der Waals surface area contributed by atoms with Gasteiger partial charge in [-0.05, 0) is 47.7 Å². The Kier molecular flexibility index (Phi) is 3.39. The molecular weight excluding hydrogens is 202 g/mol. The summed E-state index contributed by atoms with van der Waals surface area (Å²) in [5.41, 5.74) is 7.06. The zero-order valence-electron chi connectivity index (χ0n) is 9.07. The summed E-state index contributed by atoms with van der Waals surface area (Å²) in [6.45, 7) is 3.07. The third-order valence-corrected chi connectivity index (χ3v) is 3.80. The number of benzene rings is 1. The van der Waals surface area contributed by atoms with Crippen molar-refractivity contribution in [3.05, 3.63) is 35.2 Å². The predicted molar refractivity (Wildman–Crippen MR) is 68.4 cm³/mol. The van der Waals surface area contributed by atoms with Crippen LogP contribution in [0.5, 0.6) is 0 Å². The molecule has 15 heavy (non-hydrogen) atoms. The number of thiophene rings is 1. The SMILES string of the molecule is CC(CCN)Cc1csc2ccccc12. The van der Waals surface area contributed by atoms with E-state index in [-0.39, 0.29) is 0 Å². The van der Waals surface area contributed by atoms with Crippen LogP contribution in [0.15, 0.2) is 29.6 Å². The van der Waals surface area contributed by atoms with E-state index in [4.69, 9.17) is 5.73 Å². The second kappa shape index (κ2) is 4.77. The van der Waals surface area contributed by atoms with E-state index < -0.39 is 0 Å². The lowest BCUT2D eigenvalue weighted by molar-refractivity contribution is 0.541. The lowest BCUT2D eigenvalue weighted by Crippen LogP contribution is -2.07. The van der Waals surface area contributed by atoms with Crippen LogP contribution in [-0.2, 0) is 6.42 Å². The van der Waals surface area contributed by atoms with Crippen molar-refractivity contribution in [2.75, 3.05) is 6.54 Å². The molecule has 1 aromatic heterocycles. The molecule has 0 spiro atoms. The van der Waals surface area contributed by atoms with Crippen LogP contribution in [0.3, 0.4) is 0 Å². The summed E-state index contributed by atoms with van der Waals surface area (Å²) in [7, 11) is 0. The average molecular weight is 219 g/mol. The quantitative estimate of drug-likeness (QED) is 0.837. The molecule has 0 aliphatic heterocycles. The number of hydrogen-bond donors (Lipinski definition) is 1. The van der Waals surface area contributed by atoms with Crippen LogP contribution in [0.25, 0.3) is 10.1 Å². The Morgan fingerprint density at radius 1 is 1.33 bits per heavy atom. The van der Waals surface area contributed by atoms with Gasteiger partial charge >= 0.3 is 0 Å². The Balaban J connectivity index is 2.21. The largest absolute Gasteiger partial charge is 0.330 e. The minimum atomic E-state index is 0.688. The highest BCUT2D eigenvalue weighted by molar-refractivity contribution is 7.17. The molecule has 2 N–H and O–H groups in total. The molecule has 2 rings (SSSR count). The maximum Gasteiger partial charge on any atom is 0.0345 e. The van der Waals surface area contributed by atoms with Gasteiger partial charge in [0, 0.05) is 4.70 Å². The van der Waals surface area contributed by atoms with Crippen molar-refractivity contribution in [2.45, 2.75) is 19.8 Å². The van der Waals surface area contributed by atoms with E-state index in [9.17, 15) is 0 Å². The molecule has 0 aliphatic rings. The second-order valence-corrected chi connectivity index (χ2v) is 5.05. The van der Waals surface area contributed by atoms with Gasteiger partial charge in [0.1, 0.15) is 0 Å². The monoisotopic (exact) mass is 219 g/mol. The highest BCUT2D eigenvalue weighted by atomic mass is 32.1. The van der Waals surface area contributed by atoms with Gasteiger partial charge in [-0.1, -0.05) is 25.1 Å². The van der Waals surface area contributed by atoms with Crippen molar-refractivity contribution < 1.29 is 0 Å². The molecule has 0 aliphatic carbocycles. The van der Waals surface area contributed by atoms with Gasteiger partial charge < -0.3 is 5.73 Å². The summed E-state index contributed by atoms with van der Waals surface area (Å²) in [5, 5.41) is 3.71. The lowest BCUT2D eigenvalue weighted by Gasteiger charge is -2.08. The summed E-state index contributed by atoms with van der Waals surface area (Å²) in [5.74, 6) is 0.688. The first kappa shape index (κ1) is 10.7. The van der Waals surface area contributed by atoms with Crippen LogP contribution in [0.1, 0.15) is 18.9 Å². The molecule has 0 radical (unpaired) electrons. The Labute approximate surface area is 94.9 Å².